The molecule has 0 saturated heterocycles. The van der Waals surface area contributed by atoms with Gasteiger partial charge in [-0.25, -0.2) is 4.98 Å². The quantitative estimate of drug-likeness (QED) is 0.513. The van der Waals surface area contributed by atoms with Crippen molar-refractivity contribution in [2.24, 2.45) is 0 Å². The van der Waals surface area contributed by atoms with Gasteiger partial charge in [0, 0.05) is 23.7 Å². The van der Waals surface area contributed by atoms with E-state index in [4.69, 9.17) is 0 Å². The number of anilines is 1. The molecule has 1 amide bonds. The van der Waals surface area contributed by atoms with E-state index in [1.54, 1.807) is 24.3 Å². The first-order chi connectivity index (χ1) is 12.5. The van der Waals surface area contributed by atoms with E-state index in [0.29, 0.717) is 22.2 Å². The predicted octanol–water partition coefficient (Wildman–Crippen LogP) is 3.71. The summed E-state index contributed by atoms with van der Waals surface area (Å²) in [5.74, 6) is 0.754. The number of aromatic amines is 1. The van der Waals surface area contributed by atoms with Crippen LogP contribution in [0.15, 0.2) is 53.7 Å². The first-order valence-electron chi connectivity index (χ1n) is 8.04. The van der Waals surface area contributed by atoms with Gasteiger partial charge in [-0.1, -0.05) is 41.6 Å². The number of carbonyl (C=O) groups is 2. The van der Waals surface area contributed by atoms with Crippen LogP contribution in [0, 0.1) is 6.92 Å². The summed E-state index contributed by atoms with van der Waals surface area (Å²) in [7, 11) is 0. The average molecular weight is 366 g/mol. The van der Waals surface area contributed by atoms with Crippen molar-refractivity contribution in [2.45, 2.75) is 19.0 Å². The van der Waals surface area contributed by atoms with Crippen LogP contribution in [0.3, 0.4) is 0 Å². The Hall–Kier alpha value is -2.93. The summed E-state index contributed by atoms with van der Waals surface area (Å²) >= 11 is 1.28. The summed E-state index contributed by atoms with van der Waals surface area (Å²) in [4.78, 5) is 27.7. The van der Waals surface area contributed by atoms with Crippen molar-refractivity contribution in [3.05, 3.63) is 59.7 Å². The van der Waals surface area contributed by atoms with Crippen molar-refractivity contribution in [2.75, 3.05) is 11.1 Å². The molecule has 0 bridgehead atoms. The van der Waals surface area contributed by atoms with Gasteiger partial charge in [0.25, 0.3) is 0 Å². The van der Waals surface area contributed by atoms with E-state index in [0.717, 1.165) is 5.56 Å². The number of Topliss-reactive ketones (excluding diaryl/α,β-unsaturated/α-hetero) is 1. The number of carbonyl (C=O) groups excluding carboxylic acids is 2. The lowest BCUT2D eigenvalue weighted by Gasteiger charge is -2.03. The van der Waals surface area contributed by atoms with Crippen LogP contribution in [0.4, 0.5) is 5.69 Å². The highest BCUT2D eigenvalue weighted by atomic mass is 32.2. The Bertz CT molecular complexity index is 917. The number of benzene rings is 2. The molecule has 3 aromatic rings. The highest BCUT2D eigenvalue weighted by Crippen LogP contribution is 2.21. The largest absolute Gasteiger partial charge is 0.326 e. The molecule has 0 unspecified atom stereocenters. The summed E-state index contributed by atoms with van der Waals surface area (Å²) in [5, 5.41) is 10.3. The smallest absolute Gasteiger partial charge is 0.221 e. The summed E-state index contributed by atoms with van der Waals surface area (Å²) in [6, 6.07) is 14.8. The SMILES string of the molecule is CC(=O)Nc1ccc(C(=O)CSc2n[nH]c(-c3ccc(C)cc3)n2)cc1. The highest BCUT2D eigenvalue weighted by Gasteiger charge is 2.11. The molecule has 0 radical (unpaired) electrons. The fraction of sp³-hybridized carbons (Fsp3) is 0.158. The molecule has 1 aromatic heterocycles. The molecule has 1 heterocycles. The standard InChI is InChI=1S/C19H18N4O2S/c1-12-3-5-15(6-4-12)18-21-19(23-22-18)26-11-17(25)14-7-9-16(10-8-14)20-13(2)24/h3-10H,11H2,1-2H3,(H,20,24)(H,21,22,23). The molecule has 2 N–H and O–H groups in total. The lowest BCUT2D eigenvalue weighted by molar-refractivity contribution is -0.114. The number of hydrogen-bond acceptors (Lipinski definition) is 5. The molecule has 0 aliphatic rings. The third-order valence-electron chi connectivity index (χ3n) is 3.65. The second kappa shape index (κ2) is 7.97. The van der Waals surface area contributed by atoms with Crippen LogP contribution in [-0.4, -0.2) is 32.6 Å². The minimum absolute atomic E-state index is 0.0222. The molecular weight excluding hydrogens is 348 g/mol. The molecule has 6 nitrogen and oxygen atoms in total. The van der Waals surface area contributed by atoms with Gasteiger partial charge in [0.15, 0.2) is 11.6 Å². The van der Waals surface area contributed by atoms with Gasteiger partial charge >= 0.3 is 0 Å². The van der Waals surface area contributed by atoms with E-state index in [9.17, 15) is 9.59 Å². The van der Waals surface area contributed by atoms with Crippen molar-refractivity contribution in [1.82, 2.24) is 15.2 Å². The van der Waals surface area contributed by atoms with Crippen LogP contribution in [0.2, 0.25) is 0 Å². The maximum absolute atomic E-state index is 12.3. The number of nitrogens with one attached hydrogen (secondary N) is 2. The van der Waals surface area contributed by atoms with Gasteiger partial charge in [0.2, 0.25) is 11.1 Å². The van der Waals surface area contributed by atoms with E-state index in [1.807, 2.05) is 31.2 Å². The molecule has 3 rings (SSSR count). The van der Waals surface area contributed by atoms with Crippen molar-refractivity contribution in [1.29, 1.82) is 0 Å². The molecule has 2 aromatic carbocycles. The summed E-state index contributed by atoms with van der Waals surface area (Å²) < 4.78 is 0. The van der Waals surface area contributed by atoms with Crippen molar-refractivity contribution in [3.63, 3.8) is 0 Å². The molecule has 0 saturated carbocycles. The maximum atomic E-state index is 12.3. The third kappa shape index (κ3) is 4.58. The monoisotopic (exact) mass is 366 g/mol. The van der Waals surface area contributed by atoms with Crippen LogP contribution >= 0.6 is 11.8 Å². The Morgan fingerprint density at radius 1 is 1.08 bits per heavy atom. The minimum Gasteiger partial charge on any atom is -0.326 e. The molecule has 0 fully saturated rings. The summed E-state index contributed by atoms with van der Waals surface area (Å²) in [5.41, 5.74) is 3.38. The molecule has 0 spiro atoms. The highest BCUT2D eigenvalue weighted by molar-refractivity contribution is 7.99. The van der Waals surface area contributed by atoms with Crippen molar-refractivity contribution < 1.29 is 9.59 Å². The average Bonchev–Trinajstić information content (AvgIpc) is 3.09. The summed E-state index contributed by atoms with van der Waals surface area (Å²) in [6.45, 7) is 3.47. The molecule has 0 atom stereocenters. The lowest BCUT2D eigenvalue weighted by Crippen LogP contribution is -2.07. The molecule has 0 aliphatic carbocycles. The minimum atomic E-state index is -0.145. The second-order valence-corrected chi connectivity index (χ2v) is 6.75. The number of H-pyrrole nitrogens is 1. The number of rotatable bonds is 6. The molecule has 132 valence electrons. The fourth-order valence-corrected chi connectivity index (χ4v) is 3.00. The first-order valence-corrected chi connectivity index (χ1v) is 9.03. The van der Waals surface area contributed by atoms with E-state index >= 15 is 0 Å². The van der Waals surface area contributed by atoms with Gasteiger partial charge in [-0.3, -0.25) is 14.7 Å². The van der Waals surface area contributed by atoms with Crippen LogP contribution < -0.4 is 5.32 Å². The van der Waals surface area contributed by atoms with Gasteiger partial charge in [0.05, 0.1) is 5.75 Å². The van der Waals surface area contributed by atoms with E-state index < -0.39 is 0 Å². The van der Waals surface area contributed by atoms with Crippen LogP contribution in [0.25, 0.3) is 11.4 Å². The zero-order valence-electron chi connectivity index (χ0n) is 14.4. The Balaban J connectivity index is 1.59. The van der Waals surface area contributed by atoms with E-state index in [1.165, 1.54) is 24.2 Å². The Labute approximate surface area is 155 Å². The zero-order chi connectivity index (χ0) is 18.5. The van der Waals surface area contributed by atoms with Crippen molar-refractivity contribution in [3.8, 4) is 11.4 Å². The number of hydrogen-bond donors (Lipinski definition) is 2. The topological polar surface area (TPSA) is 87.7 Å². The Morgan fingerprint density at radius 3 is 2.42 bits per heavy atom. The van der Waals surface area contributed by atoms with E-state index in [2.05, 4.69) is 20.5 Å². The van der Waals surface area contributed by atoms with Crippen LogP contribution in [-0.2, 0) is 4.79 Å². The zero-order valence-corrected chi connectivity index (χ0v) is 15.3. The maximum Gasteiger partial charge on any atom is 0.221 e. The number of aryl methyl sites for hydroxylation is 1. The summed E-state index contributed by atoms with van der Waals surface area (Å²) in [6.07, 6.45) is 0. The van der Waals surface area contributed by atoms with Gasteiger partial charge < -0.3 is 5.32 Å². The molecule has 0 aliphatic heterocycles. The second-order valence-electron chi connectivity index (χ2n) is 5.80. The van der Waals surface area contributed by atoms with Gasteiger partial charge in [-0.2, -0.15) is 0 Å². The molecular formula is C19H18N4O2S. The number of ketones is 1. The first kappa shape index (κ1) is 17.9. The van der Waals surface area contributed by atoms with Crippen molar-refractivity contribution >= 4 is 29.1 Å². The Kier molecular flexibility index (Phi) is 5.48. The van der Waals surface area contributed by atoms with Gasteiger partial charge in [-0.15, -0.1) is 5.10 Å². The van der Waals surface area contributed by atoms with Gasteiger partial charge in [0.1, 0.15) is 0 Å². The number of nitrogens with zero attached hydrogens (tertiary/aromatic N) is 2. The number of aromatic nitrogens is 3. The third-order valence-corrected chi connectivity index (χ3v) is 4.50. The number of thioether (sulfide) groups is 1. The van der Waals surface area contributed by atoms with Crippen LogP contribution in [0.1, 0.15) is 22.8 Å². The fourth-order valence-electron chi connectivity index (χ4n) is 2.31. The number of amides is 1. The predicted molar refractivity (Wildman–Crippen MR) is 102 cm³/mol. The van der Waals surface area contributed by atoms with E-state index in [-0.39, 0.29) is 17.4 Å². The Morgan fingerprint density at radius 2 is 1.77 bits per heavy atom. The van der Waals surface area contributed by atoms with Crippen LogP contribution in [0.5, 0.6) is 0 Å². The molecule has 7 heteroatoms. The lowest BCUT2D eigenvalue weighted by atomic mass is 10.1. The van der Waals surface area contributed by atoms with Gasteiger partial charge in [-0.05, 0) is 31.2 Å². The molecule has 26 heavy (non-hydrogen) atoms. The normalized spacial score (nSPS) is 10.5.